The van der Waals surface area contributed by atoms with Gasteiger partial charge in [0.25, 0.3) is 0 Å². The summed E-state index contributed by atoms with van der Waals surface area (Å²) in [5.41, 5.74) is 5.81. The normalized spacial score (nSPS) is 19.0. The number of nitrogens with zero attached hydrogens (tertiary/aromatic N) is 1. The van der Waals surface area contributed by atoms with Crippen molar-refractivity contribution < 1.29 is 4.79 Å². The van der Waals surface area contributed by atoms with Crippen molar-refractivity contribution in [3.8, 4) is 0 Å². The van der Waals surface area contributed by atoms with Crippen LogP contribution in [-0.4, -0.2) is 10.9 Å². The molecule has 0 unspecified atom stereocenters. The van der Waals surface area contributed by atoms with Crippen LogP contribution in [0, 0.1) is 0 Å². The summed E-state index contributed by atoms with van der Waals surface area (Å²) in [4.78, 5) is 15.9. The maximum absolute atomic E-state index is 11.6. The number of carbonyl (C=O) groups is 1. The van der Waals surface area contributed by atoms with Crippen molar-refractivity contribution in [3.05, 3.63) is 28.5 Å². The molecule has 1 saturated carbocycles. The van der Waals surface area contributed by atoms with E-state index in [1.807, 2.05) is 12.1 Å². The van der Waals surface area contributed by atoms with Crippen LogP contribution in [0.5, 0.6) is 0 Å². The SMILES string of the molecule is NC(=O)C1(c2ccc(Br)cn2)CCCC1. The van der Waals surface area contributed by atoms with Crippen LogP contribution in [-0.2, 0) is 10.2 Å². The summed E-state index contributed by atoms with van der Waals surface area (Å²) in [6.07, 6.45) is 5.49. The first kappa shape index (κ1) is 10.6. The van der Waals surface area contributed by atoms with Crippen molar-refractivity contribution >= 4 is 21.8 Å². The summed E-state index contributed by atoms with van der Waals surface area (Å²) in [6.45, 7) is 0. The fourth-order valence-corrected chi connectivity index (χ4v) is 2.50. The zero-order chi connectivity index (χ0) is 10.9. The van der Waals surface area contributed by atoms with E-state index in [1.54, 1.807) is 6.20 Å². The van der Waals surface area contributed by atoms with E-state index in [4.69, 9.17) is 5.73 Å². The lowest BCUT2D eigenvalue weighted by atomic mass is 9.81. The van der Waals surface area contributed by atoms with E-state index in [-0.39, 0.29) is 5.91 Å². The fourth-order valence-electron chi connectivity index (χ4n) is 2.27. The Bertz CT molecular complexity index is 369. The number of aromatic nitrogens is 1. The van der Waals surface area contributed by atoms with Gasteiger partial charge in [0.15, 0.2) is 0 Å². The Kier molecular flexibility index (Phi) is 2.78. The molecular weight excluding hydrogens is 256 g/mol. The van der Waals surface area contributed by atoms with E-state index >= 15 is 0 Å². The summed E-state index contributed by atoms with van der Waals surface area (Å²) >= 11 is 3.33. The molecule has 1 fully saturated rings. The van der Waals surface area contributed by atoms with Crippen molar-refractivity contribution in [2.75, 3.05) is 0 Å². The van der Waals surface area contributed by atoms with E-state index in [0.717, 1.165) is 35.8 Å². The molecule has 0 saturated heterocycles. The minimum atomic E-state index is -0.513. The minimum Gasteiger partial charge on any atom is -0.369 e. The van der Waals surface area contributed by atoms with Crippen molar-refractivity contribution in [2.24, 2.45) is 5.73 Å². The molecule has 0 aromatic carbocycles. The molecule has 2 rings (SSSR count). The van der Waals surface area contributed by atoms with Gasteiger partial charge in [-0.1, -0.05) is 12.8 Å². The molecule has 0 atom stereocenters. The predicted molar refractivity (Wildman–Crippen MR) is 61.3 cm³/mol. The number of nitrogens with two attached hydrogens (primary N) is 1. The Hall–Kier alpha value is -0.900. The third-order valence-corrected chi connectivity index (χ3v) is 3.62. The first-order valence-corrected chi connectivity index (χ1v) is 5.86. The number of halogens is 1. The molecule has 1 aliphatic carbocycles. The first-order chi connectivity index (χ1) is 7.15. The highest BCUT2D eigenvalue weighted by atomic mass is 79.9. The number of rotatable bonds is 2. The van der Waals surface area contributed by atoms with Crippen LogP contribution < -0.4 is 5.73 Å². The average Bonchev–Trinajstić information content (AvgIpc) is 2.69. The first-order valence-electron chi connectivity index (χ1n) is 5.07. The van der Waals surface area contributed by atoms with Crippen LogP contribution in [0.1, 0.15) is 31.4 Å². The molecular formula is C11H13BrN2O. The highest BCUT2D eigenvalue weighted by molar-refractivity contribution is 9.10. The van der Waals surface area contributed by atoms with Gasteiger partial charge < -0.3 is 5.73 Å². The molecule has 0 bridgehead atoms. The van der Waals surface area contributed by atoms with Crippen LogP contribution in [0.2, 0.25) is 0 Å². The van der Waals surface area contributed by atoms with Crippen LogP contribution in [0.25, 0.3) is 0 Å². The molecule has 1 heterocycles. The average molecular weight is 269 g/mol. The van der Waals surface area contributed by atoms with Gasteiger partial charge in [-0.15, -0.1) is 0 Å². The van der Waals surface area contributed by atoms with E-state index in [0.29, 0.717) is 0 Å². The molecule has 0 spiro atoms. The Morgan fingerprint density at radius 2 is 2.07 bits per heavy atom. The van der Waals surface area contributed by atoms with E-state index in [2.05, 4.69) is 20.9 Å². The zero-order valence-electron chi connectivity index (χ0n) is 8.37. The summed E-state index contributed by atoms with van der Waals surface area (Å²) in [5, 5.41) is 0. The Morgan fingerprint density at radius 3 is 2.53 bits per heavy atom. The maximum atomic E-state index is 11.6. The van der Waals surface area contributed by atoms with Crippen LogP contribution >= 0.6 is 15.9 Å². The molecule has 1 aromatic heterocycles. The second-order valence-electron chi connectivity index (χ2n) is 4.02. The molecule has 0 radical (unpaired) electrons. The lowest BCUT2D eigenvalue weighted by molar-refractivity contribution is -0.123. The number of carbonyl (C=O) groups excluding carboxylic acids is 1. The third kappa shape index (κ3) is 1.78. The standard InChI is InChI=1S/C11H13BrN2O/c12-8-3-4-9(14-7-8)11(10(13)15)5-1-2-6-11/h3-4,7H,1-2,5-6H2,(H2,13,15). The van der Waals surface area contributed by atoms with Crippen LogP contribution in [0.4, 0.5) is 0 Å². The molecule has 1 aromatic rings. The van der Waals surface area contributed by atoms with Crippen molar-refractivity contribution in [3.63, 3.8) is 0 Å². The molecule has 3 nitrogen and oxygen atoms in total. The molecule has 1 amide bonds. The second kappa shape index (κ2) is 3.93. The molecule has 80 valence electrons. The fraction of sp³-hybridized carbons (Fsp3) is 0.455. The largest absolute Gasteiger partial charge is 0.369 e. The summed E-state index contributed by atoms with van der Waals surface area (Å²) in [7, 11) is 0. The lowest BCUT2D eigenvalue weighted by Crippen LogP contribution is -2.39. The summed E-state index contributed by atoms with van der Waals surface area (Å²) in [6, 6.07) is 3.80. The van der Waals surface area contributed by atoms with Crippen molar-refractivity contribution in [1.29, 1.82) is 0 Å². The van der Waals surface area contributed by atoms with Gasteiger partial charge in [0, 0.05) is 10.7 Å². The lowest BCUT2D eigenvalue weighted by Gasteiger charge is -2.24. The number of hydrogen-bond donors (Lipinski definition) is 1. The second-order valence-corrected chi connectivity index (χ2v) is 4.93. The summed E-state index contributed by atoms with van der Waals surface area (Å²) in [5.74, 6) is -0.241. The zero-order valence-corrected chi connectivity index (χ0v) is 9.96. The minimum absolute atomic E-state index is 0.241. The van der Waals surface area contributed by atoms with Gasteiger partial charge in [-0.05, 0) is 40.9 Å². The summed E-state index contributed by atoms with van der Waals surface area (Å²) < 4.78 is 0.920. The van der Waals surface area contributed by atoms with Gasteiger partial charge in [-0.25, -0.2) is 0 Å². The topological polar surface area (TPSA) is 56.0 Å². The molecule has 1 aliphatic rings. The van der Waals surface area contributed by atoms with Crippen LogP contribution in [0.15, 0.2) is 22.8 Å². The highest BCUT2D eigenvalue weighted by Crippen LogP contribution is 2.40. The number of hydrogen-bond acceptors (Lipinski definition) is 2. The maximum Gasteiger partial charge on any atom is 0.229 e. The third-order valence-electron chi connectivity index (χ3n) is 3.15. The Balaban J connectivity index is 2.41. The van der Waals surface area contributed by atoms with E-state index < -0.39 is 5.41 Å². The van der Waals surface area contributed by atoms with Crippen LogP contribution in [0.3, 0.4) is 0 Å². The quantitative estimate of drug-likeness (QED) is 0.894. The molecule has 0 aliphatic heterocycles. The van der Waals surface area contributed by atoms with Gasteiger partial charge in [0.2, 0.25) is 5.91 Å². The van der Waals surface area contributed by atoms with E-state index in [9.17, 15) is 4.79 Å². The smallest absolute Gasteiger partial charge is 0.229 e. The predicted octanol–water partition coefficient (Wildman–Crippen LogP) is 2.14. The van der Waals surface area contributed by atoms with Gasteiger partial charge in [-0.2, -0.15) is 0 Å². The molecule has 2 N–H and O–H groups in total. The highest BCUT2D eigenvalue weighted by Gasteiger charge is 2.42. The molecule has 4 heteroatoms. The monoisotopic (exact) mass is 268 g/mol. The van der Waals surface area contributed by atoms with E-state index in [1.165, 1.54) is 0 Å². The van der Waals surface area contributed by atoms with Crippen molar-refractivity contribution in [2.45, 2.75) is 31.1 Å². The Morgan fingerprint density at radius 1 is 1.40 bits per heavy atom. The Labute approximate surface area is 97.2 Å². The number of primary amides is 1. The number of amides is 1. The molecule has 15 heavy (non-hydrogen) atoms. The van der Waals surface area contributed by atoms with Crippen molar-refractivity contribution in [1.82, 2.24) is 4.98 Å². The number of pyridine rings is 1. The van der Waals surface area contributed by atoms with Gasteiger partial charge >= 0.3 is 0 Å². The van der Waals surface area contributed by atoms with Gasteiger partial charge in [-0.3, -0.25) is 9.78 Å². The van der Waals surface area contributed by atoms with Gasteiger partial charge in [0.05, 0.1) is 11.1 Å². The van der Waals surface area contributed by atoms with Gasteiger partial charge in [0.1, 0.15) is 0 Å².